The minimum Gasteiger partial charge on any atom is -0.361 e. The zero-order valence-corrected chi connectivity index (χ0v) is 15.4. The van der Waals surface area contributed by atoms with Crippen LogP contribution in [0.2, 0.25) is 5.02 Å². The van der Waals surface area contributed by atoms with Gasteiger partial charge in [0.05, 0.1) is 18.7 Å². The largest absolute Gasteiger partial charge is 0.361 e. The monoisotopic (exact) mass is 363 g/mol. The predicted octanol–water partition coefficient (Wildman–Crippen LogP) is 2.65. The third-order valence-electron chi connectivity index (χ3n) is 3.98. The lowest BCUT2D eigenvalue weighted by Crippen LogP contribution is -2.41. The fraction of sp³-hybridized carbons (Fsp3) is 0.389. The highest BCUT2D eigenvalue weighted by Crippen LogP contribution is 2.14. The molecule has 0 saturated heterocycles. The number of nitrogens with zero attached hydrogens (tertiary/aromatic N) is 2. The number of carbonyl (C=O) groups excluding carboxylic acids is 2. The molecule has 0 radical (unpaired) electrons. The molecule has 6 nitrogen and oxygen atoms in total. The van der Waals surface area contributed by atoms with Crippen molar-refractivity contribution in [1.82, 2.24) is 15.4 Å². The number of halogens is 1. The van der Waals surface area contributed by atoms with Crippen molar-refractivity contribution in [3.8, 4) is 0 Å². The molecule has 0 saturated carbocycles. The Morgan fingerprint density at radius 1 is 1.24 bits per heavy atom. The van der Waals surface area contributed by atoms with Crippen LogP contribution in [0.25, 0.3) is 0 Å². The second-order valence-electron chi connectivity index (χ2n) is 5.79. The molecule has 2 amide bonds. The molecule has 7 heteroatoms. The number of likely N-dealkylation sites (N-methyl/N-ethyl adjacent to an activating group) is 1. The number of amides is 2. The van der Waals surface area contributed by atoms with Crippen molar-refractivity contribution in [2.24, 2.45) is 0 Å². The molecule has 0 aliphatic rings. The quantitative estimate of drug-likeness (QED) is 0.820. The highest BCUT2D eigenvalue weighted by atomic mass is 35.5. The van der Waals surface area contributed by atoms with Gasteiger partial charge in [-0.2, -0.15) is 0 Å². The molecule has 0 spiro atoms. The summed E-state index contributed by atoms with van der Waals surface area (Å²) < 4.78 is 5.08. The summed E-state index contributed by atoms with van der Waals surface area (Å²) in [5, 5.41) is 7.31. The van der Waals surface area contributed by atoms with Crippen LogP contribution in [0.5, 0.6) is 0 Å². The SMILES string of the molecule is CCN(CC(=O)NCc1ccc(Cl)cc1)C(=O)Cc1c(C)noc1C. The molecule has 0 atom stereocenters. The smallest absolute Gasteiger partial charge is 0.239 e. The van der Waals surface area contributed by atoms with Crippen molar-refractivity contribution in [1.29, 1.82) is 0 Å². The van der Waals surface area contributed by atoms with Crippen molar-refractivity contribution >= 4 is 23.4 Å². The van der Waals surface area contributed by atoms with E-state index in [1.807, 2.05) is 19.1 Å². The average Bonchev–Trinajstić information content (AvgIpc) is 2.91. The first-order valence-electron chi connectivity index (χ1n) is 8.11. The van der Waals surface area contributed by atoms with E-state index in [0.29, 0.717) is 29.6 Å². The molecule has 2 rings (SSSR count). The topological polar surface area (TPSA) is 75.4 Å². The summed E-state index contributed by atoms with van der Waals surface area (Å²) >= 11 is 5.83. The van der Waals surface area contributed by atoms with Crippen LogP contribution >= 0.6 is 11.6 Å². The number of hydrogen-bond donors (Lipinski definition) is 1. The molecule has 2 aromatic rings. The van der Waals surface area contributed by atoms with Gasteiger partial charge in [0, 0.05) is 23.7 Å². The number of aromatic nitrogens is 1. The van der Waals surface area contributed by atoms with E-state index in [1.165, 1.54) is 4.90 Å². The summed E-state index contributed by atoms with van der Waals surface area (Å²) in [5.41, 5.74) is 2.43. The van der Waals surface area contributed by atoms with Crippen molar-refractivity contribution in [3.63, 3.8) is 0 Å². The van der Waals surface area contributed by atoms with Crippen LogP contribution in [0.4, 0.5) is 0 Å². The minimum atomic E-state index is -0.205. The number of carbonyl (C=O) groups is 2. The normalized spacial score (nSPS) is 10.6. The van der Waals surface area contributed by atoms with Gasteiger partial charge in [0.25, 0.3) is 0 Å². The second kappa shape index (κ2) is 8.67. The summed E-state index contributed by atoms with van der Waals surface area (Å²) in [6.45, 7) is 6.29. The maximum Gasteiger partial charge on any atom is 0.239 e. The van der Waals surface area contributed by atoms with Crippen LogP contribution in [0.1, 0.15) is 29.5 Å². The number of hydrogen-bond acceptors (Lipinski definition) is 4. The molecular weight excluding hydrogens is 342 g/mol. The van der Waals surface area contributed by atoms with Gasteiger partial charge in [-0.1, -0.05) is 28.9 Å². The Balaban J connectivity index is 1.88. The van der Waals surface area contributed by atoms with E-state index in [2.05, 4.69) is 10.5 Å². The van der Waals surface area contributed by atoms with Gasteiger partial charge in [-0.3, -0.25) is 9.59 Å². The Morgan fingerprint density at radius 3 is 2.48 bits per heavy atom. The molecule has 0 aliphatic heterocycles. The molecule has 1 aromatic heterocycles. The van der Waals surface area contributed by atoms with Crippen LogP contribution < -0.4 is 5.32 Å². The molecule has 25 heavy (non-hydrogen) atoms. The van der Waals surface area contributed by atoms with E-state index in [-0.39, 0.29) is 24.8 Å². The van der Waals surface area contributed by atoms with Crippen LogP contribution in [-0.2, 0) is 22.6 Å². The van der Waals surface area contributed by atoms with E-state index in [1.54, 1.807) is 26.0 Å². The first-order valence-corrected chi connectivity index (χ1v) is 8.49. The van der Waals surface area contributed by atoms with Crippen molar-refractivity contribution < 1.29 is 14.1 Å². The molecule has 0 fully saturated rings. The van der Waals surface area contributed by atoms with Gasteiger partial charge < -0.3 is 14.7 Å². The lowest BCUT2D eigenvalue weighted by Gasteiger charge is -2.20. The average molecular weight is 364 g/mol. The maximum absolute atomic E-state index is 12.5. The predicted molar refractivity (Wildman–Crippen MR) is 95.2 cm³/mol. The van der Waals surface area contributed by atoms with E-state index in [9.17, 15) is 9.59 Å². The van der Waals surface area contributed by atoms with E-state index in [0.717, 1.165) is 11.1 Å². The molecule has 1 N–H and O–H groups in total. The minimum absolute atomic E-state index is 0.0201. The van der Waals surface area contributed by atoms with Gasteiger partial charge in [-0.15, -0.1) is 0 Å². The van der Waals surface area contributed by atoms with Gasteiger partial charge >= 0.3 is 0 Å². The number of benzene rings is 1. The summed E-state index contributed by atoms with van der Waals surface area (Å²) in [7, 11) is 0. The zero-order valence-electron chi connectivity index (χ0n) is 14.6. The van der Waals surface area contributed by atoms with Crippen molar-refractivity contribution in [2.45, 2.75) is 33.7 Å². The Hall–Kier alpha value is -2.34. The fourth-order valence-corrected chi connectivity index (χ4v) is 2.55. The molecular formula is C18H22ClN3O3. The molecule has 0 unspecified atom stereocenters. The first kappa shape index (κ1) is 19.0. The van der Waals surface area contributed by atoms with Gasteiger partial charge in [0.1, 0.15) is 5.76 Å². The molecule has 134 valence electrons. The van der Waals surface area contributed by atoms with Crippen LogP contribution in [0.3, 0.4) is 0 Å². The van der Waals surface area contributed by atoms with Gasteiger partial charge in [-0.05, 0) is 38.5 Å². The van der Waals surface area contributed by atoms with Crippen LogP contribution in [0.15, 0.2) is 28.8 Å². The number of aryl methyl sites for hydroxylation is 2. The molecule has 0 bridgehead atoms. The van der Waals surface area contributed by atoms with Gasteiger partial charge in [-0.25, -0.2) is 0 Å². The Bertz CT molecular complexity index is 721. The standard InChI is InChI=1S/C18H22ClN3O3/c1-4-22(18(24)9-16-12(2)21-25-13(16)3)11-17(23)20-10-14-5-7-15(19)8-6-14/h5-8H,4,9-11H2,1-3H3,(H,20,23). The highest BCUT2D eigenvalue weighted by Gasteiger charge is 2.19. The van der Waals surface area contributed by atoms with Gasteiger partial charge in [0.2, 0.25) is 11.8 Å². The van der Waals surface area contributed by atoms with Crippen LogP contribution in [-0.4, -0.2) is 35.0 Å². The Kier molecular flexibility index (Phi) is 6.58. The molecule has 0 aliphatic carbocycles. The van der Waals surface area contributed by atoms with E-state index >= 15 is 0 Å². The zero-order chi connectivity index (χ0) is 18.4. The lowest BCUT2D eigenvalue weighted by atomic mass is 10.1. The maximum atomic E-state index is 12.5. The summed E-state index contributed by atoms with van der Waals surface area (Å²) in [6.07, 6.45) is 0.180. The van der Waals surface area contributed by atoms with E-state index < -0.39 is 0 Å². The number of rotatable bonds is 7. The summed E-state index contributed by atoms with van der Waals surface area (Å²) in [6, 6.07) is 7.24. The van der Waals surface area contributed by atoms with Gasteiger partial charge in [0.15, 0.2) is 0 Å². The van der Waals surface area contributed by atoms with Crippen molar-refractivity contribution in [2.75, 3.05) is 13.1 Å². The fourth-order valence-electron chi connectivity index (χ4n) is 2.43. The first-order chi connectivity index (χ1) is 11.9. The summed E-state index contributed by atoms with van der Waals surface area (Å²) in [5.74, 6) is 0.302. The van der Waals surface area contributed by atoms with E-state index in [4.69, 9.17) is 16.1 Å². The summed E-state index contributed by atoms with van der Waals surface area (Å²) in [4.78, 5) is 26.1. The lowest BCUT2D eigenvalue weighted by molar-refractivity contribution is -0.135. The third kappa shape index (κ3) is 5.32. The number of nitrogens with one attached hydrogen (secondary N) is 1. The Morgan fingerprint density at radius 2 is 1.92 bits per heavy atom. The molecule has 1 heterocycles. The second-order valence-corrected chi connectivity index (χ2v) is 6.23. The molecule has 1 aromatic carbocycles. The highest BCUT2D eigenvalue weighted by molar-refractivity contribution is 6.30. The Labute approximate surface area is 152 Å². The van der Waals surface area contributed by atoms with Crippen LogP contribution in [0, 0.1) is 13.8 Å². The van der Waals surface area contributed by atoms with Crippen molar-refractivity contribution in [3.05, 3.63) is 51.9 Å². The third-order valence-corrected chi connectivity index (χ3v) is 4.23.